The van der Waals surface area contributed by atoms with E-state index in [9.17, 15) is 13.2 Å². The highest BCUT2D eigenvalue weighted by molar-refractivity contribution is 7.90. The van der Waals surface area contributed by atoms with Crippen molar-refractivity contribution in [3.8, 4) is 6.07 Å². The van der Waals surface area contributed by atoms with Crippen molar-refractivity contribution in [3.63, 3.8) is 0 Å². The average Bonchev–Trinajstić information content (AvgIpc) is 2.79. The molecule has 2 rings (SSSR count). The molecule has 8 heteroatoms. The van der Waals surface area contributed by atoms with Gasteiger partial charge in [-0.25, -0.2) is 4.72 Å². The number of sulfonamides is 1. The summed E-state index contributed by atoms with van der Waals surface area (Å²) in [5, 5.41) is 12.5. The standard InChI is InChI=1S/C14H20N4O3S/c1-14(2)7-5-4-6-11(14)12(19)17-22(20,21)13-10(8-15)9-16-18(13)3/h9,11H,4-7H2,1-3H3,(H,17,19). The first-order chi connectivity index (χ1) is 10.2. The maximum absolute atomic E-state index is 12.4. The zero-order valence-corrected chi connectivity index (χ0v) is 13.8. The van der Waals surface area contributed by atoms with Crippen LogP contribution in [-0.2, 0) is 21.9 Å². The van der Waals surface area contributed by atoms with Gasteiger partial charge in [0.2, 0.25) is 5.91 Å². The number of carbonyl (C=O) groups is 1. The predicted molar refractivity (Wildman–Crippen MR) is 79.0 cm³/mol. The van der Waals surface area contributed by atoms with Crippen LogP contribution >= 0.6 is 0 Å². The number of hydrogen-bond acceptors (Lipinski definition) is 5. The Morgan fingerprint density at radius 1 is 1.50 bits per heavy atom. The SMILES string of the molecule is Cn1ncc(C#N)c1S(=O)(=O)NC(=O)C1CCCCC1(C)C. The third-order valence-electron chi connectivity index (χ3n) is 4.32. The molecule has 7 nitrogen and oxygen atoms in total. The van der Waals surface area contributed by atoms with Crippen molar-refractivity contribution in [3.05, 3.63) is 11.8 Å². The largest absolute Gasteiger partial charge is 0.282 e. The Morgan fingerprint density at radius 3 is 2.77 bits per heavy atom. The van der Waals surface area contributed by atoms with Crippen LogP contribution in [0.1, 0.15) is 45.1 Å². The lowest BCUT2D eigenvalue weighted by Gasteiger charge is -2.37. The second-order valence-corrected chi connectivity index (χ2v) is 7.95. The predicted octanol–water partition coefficient (Wildman–Crippen LogP) is 1.31. The van der Waals surface area contributed by atoms with E-state index in [1.54, 1.807) is 6.07 Å². The van der Waals surface area contributed by atoms with Gasteiger partial charge in [0.05, 0.1) is 6.20 Å². The molecule has 1 fully saturated rings. The molecule has 1 aliphatic rings. The fourth-order valence-corrected chi connectivity index (χ4v) is 4.34. The summed E-state index contributed by atoms with van der Waals surface area (Å²) in [6.45, 7) is 3.96. The number of aryl methyl sites for hydroxylation is 1. The first-order valence-corrected chi connectivity index (χ1v) is 8.66. The van der Waals surface area contributed by atoms with E-state index in [2.05, 4.69) is 9.82 Å². The van der Waals surface area contributed by atoms with E-state index in [0.29, 0.717) is 6.42 Å². The maximum Gasteiger partial charge on any atom is 0.282 e. The van der Waals surface area contributed by atoms with E-state index in [0.717, 1.165) is 23.9 Å². The molecule has 1 aromatic heterocycles. The van der Waals surface area contributed by atoms with E-state index in [1.165, 1.54) is 13.2 Å². The highest BCUT2D eigenvalue weighted by Gasteiger charge is 2.39. The minimum atomic E-state index is -4.11. The molecule has 1 heterocycles. The number of amides is 1. The van der Waals surface area contributed by atoms with Crippen molar-refractivity contribution in [1.82, 2.24) is 14.5 Å². The number of rotatable bonds is 3. The molecule has 1 aliphatic carbocycles. The van der Waals surface area contributed by atoms with Crippen LogP contribution in [0.25, 0.3) is 0 Å². The van der Waals surface area contributed by atoms with Gasteiger partial charge in [-0.1, -0.05) is 26.7 Å². The van der Waals surface area contributed by atoms with Crippen molar-refractivity contribution < 1.29 is 13.2 Å². The second kappa shape index (κ2) is 5.72. The Kier molecular flexibility index (Phi) is 4.29. The summed E-state index contributed by atoms with van der Waals surface area (Å²) >= 11 is 0. The number of nitrogens with zero attached hydrogens (tertiary/aromatic N) is 3. The van der Waals surface area contributed by atoms with Gasteiger partial charge in [-0.15, -0.1) is 0 Å². The van der Waals surface area contributed by atoms with E-state index < -0.39 is 15.9 Å². The molecule has 120 valence electrons. The molecule has 1 amide bonds. The number of hydrogen-bond donors (Lipinski definition) is 1. The Balaban J connectivity index is 2.27. The molecule has 1 saturated carbocycles. The number of aromatic nitrogens is 2. The molecular weight excluding hydrogens is 304 g/mol. The summed E-state index contributed by atoms with van der Waals surface area (Å²) < 4.78 is 28.0. The topological polar surface area (TPSA) is 105 Å². The number of nitriles is 1. The summed E-state index contributed by atoms with van der Waals surface area (Å²) in [7, 11) is -2.69. The van der Waals surface area contributed by atoms with Crippen LogP contribution in [0.2, 0.25) is 0 Å². The van der Waals surface area contributed by atoms with Crippen molar-refractivity contribution in [1.29, 1.82) is 5.26 Å². The number of nitrogens with one attached hydrogen (secondary N) is 1. The van der Waals surface area contributed by atoms with Crippen LogP contribution in [-0.4, -0.2) is 24.1 Å². The van der Waals surface area contributed by atoms with Gasteiger partial charge in [-0.3, -0.25) is 9.48 Å². The summed E-state index contributed by atoms with van der Waals surface area (Å²) in [5.41, 5.74) is -0.312. The molecule has 1 atom stereocenters. The molecule has 0 aromatic carbocycles. The Hall–Kier alpha value is -1.88. The van der Waals surface area contributed by atoms with Gasteiger partial charge < -0.3 is 0 Å². The highest BCUT2D eigenvalue weighted by Crippen LogP contribution is 2.40. The van der Waals surface area contributed by atoms with Gasteiger partial charge in [-0.05, 0) is 18.3 Å². The van der Waals surface area contributed by atoms with E-state index in [4.69, 9.17) is 5.26 Å². The van der Waals surface area contributed by atoms with Gasteiger partial charge >= 0.3 is 0 Å². The summed E-state index contributed by atoms with van der Waals surface area (Å²) in [5.74, 6) is -0.857. The van der Waals surface area contributed by atoms with Crippen molar-refractivity contribution in [2.24, 2.45) is 18.4 Å². The van der Waals surface area contributed by atoms with Crippen LogP contribution < -0.4 is 4.72 Å². The van der Waals surface area contributed by atoms with E-state index in [-0.39, 0.29) is 21.9 Å². The Bertz CT molecular complexity index is 728. The normalized spacial score (nSPS) is 21.1. The zero-order valence-electron chi connectivity index (χ0n) is 13.0. The highest BCUT2D eigenvalue weighted by atomic mass is 32.2. The Labute approximate surface area is 130 Å². The van der Waals surface area contributed by atoms with E-state index in [1.807, 2.05) is 13.8 Å². The van der Waals surface area contributed by atoms with Crippen LogP contribution in [0, 0.1) is 22.7 Å². The fraction of sp³-hybridized carbons (Fsp3) is 0.643. The molecule has 22 heavy (non-hydrogen) atoms. The van der Waals surface area contributed by atoms with Crippen LogP contribution in [0.5, 0.6) is 0 Å². The first-order valence-electron chi connectivity index (χ1n) is 7.18. The lowest BCUT2D eigenvalue weighted by molar-refractivity contribution is -0.128. The second-order valence-electron chi connectivity index (χ2n) is 6.36. The molecule has 1 unspecified atom stereocenters. The number of carbonyl (C=O) groups excluding carboxylic acids is 1. The lowest BCUT2D eigenvalue weighted by atomic mass is 9.68. The lowest BCUT2D eigenvalue weighted by Crippen LogP contribution is -2.43. The smallest absolute Gasteiger partial charge is 0.274 e. The average molecular weight is 324 g/mol. The van der Waals surface area contributed by atoms with Crippen molar-refractivity contribution in [2.45, 2.75) is 44.6 Å². The molecule has 0 radical (unpaired) electrons. The molecular formula is C14H20N4O3S. The summed E-state index contributed by atoms with van der Waals surface area (Å²) in [4.78, 5) is 12.4. The van der Waals surface area contributed by atoms with Gasteiger partial charge in [0.15, 0.2) is 5.03 Å². The monoisotopic (exact) mass is 324 g/mol. The van der Waals surface area contributed by atoms with Gasteiger partial charge in [-0.2, -0.15) is 18.8 Å². The van der Waals surface area contributed by atoms with Crippen molar-refractivity contribution >= 4 is 15.9 Å². The molecule has 0 bridgehead atoms. The minimum Gasteiger partial charge on any atom is -0.274 e. The quantitative estimate of drug-likeness (QED) is 0.902. The van der Waals surface area contributed by atoms with Crippen LogP contribution in [0.3, 0.4) is 0 Å². The summed E-state index contributed by atoms with van der Waals surface area (Å²) in [6, 6.07) is 1.78. The molecule has 1 aromatic rings. The molecule has 0 aliphatic heterocycles. The first kappa shape index (κ1) is 16.5. The minimum absolute atomic E-state index is 0.0781. The van der Waals surface area contributed by atoms with Crippen molar-refractivity contribution in [2.75, 3.05) is 0 Å². The molecule has 1 N–H and O–H groups in total. The zero-order chi connectivity index (χ0) is 16.5. The van der Waals surface area contributed by atoms with Crippen LogP contribution in [0.15, 0.2) is 11.2 Å². The van der Waals surface area contributed by atoms with E-state index >= 15 is 0 Å². The third-order valence-corrected chi connectivity index (χ3v) is 5.78. The van der Waals surface area contributed by atoms with Crippen LogP contribution in [0.4, 0.5) is 0 Å². The summed E-state index contributed by atoms with van der Waals surface area (Å²) in [6.07, 6.45) is 4.69. The van der Waals surface area contributed by atoms with Gasteiger partial charge in [0.1, 0.15) is 11.6 Å². The molecule has 0 saturated heterocycles. The fourth-order valence-electron chi connectivity index (χ4n) is 3.05. The van der Waals surface area contributed by atoms with Gasteiger partial charge in [0, 0.05) is 13.0 Å². The maximum atomic E-state index is 12.4. The van der Waals surface area contributed by atoms with Gasteiger partial charge in [0.25, 0.3) is 10.0 Å². The Morgan fingerprint density at radius 2 is 2.18 bits per heavy atom. The molecule has 0 spiro atoms. The third kappa shape index (κ3) is 2.99.